The Morgan fingerprint density at radius 3 is 3.00 bits per heavy atom. The summed E-state index contributed by atoms with van der Waals surface area (Å²) in [6, 6.07) is 13.5. The first-order valence-electron chi connectivity index (χ1n) is 5.51. The fourth-order valence-corrected chi connectivity index (χ4v) is 1.13. The Morgan fingerprint density at radius 1 is 1.36 bits per heavy atom. The second-order valence-electron chi connectivity index (χ2n) is 2.71. The zero-order valence-electron chi connectivity index (χ0n) is 10.3. The number of hydrogen-bond acceptors (Lipinski definition) is 1. The van der Waals surface area contributed by atoms with Crippen molar-refractivity contribution in [3.05, 3.63) is 54.2 Å². The van der Waals surface area contributed by atoms with Gasteiger partial charge in [-0.3, -0.25) is 0 Å². The molecule has 0 saturated heterocycles. The molecule has 1 aromatic heterocycles. The van der Waals surface area contributed by atoms with Gasteiger partial charge in [0.2, 0.25) is 0 Å². The molecule has 0 aliphatic rings. The van der Waals surface area contributed by atoms with Crippen LogP contribution in [0.2, 0.25) is 0 Å². The largest absolute Gasteiger partial charge is 0.305 e. The number of pyridine rings is 1. The van der Waals surface area contributed by atoms with Crippen LogP contribution < -0.4 is 0 Å². The Balaban J connectivity index is 0.00000144. The Kier molecular flexibility index (Phi) is 2.64. The maximum atomic E-state index is 7.33. The first-order valence-corrected chi connectivity index (χ1v) is 4.01. The van der Waals surface area contributed by atoms with E-state index in [0.29, 0.717) is 11.3 Å². The third-order valence-corrected chi connectivity index (χ3v) is 1.74. The first kappa shape index (κ1) is 7.33. The van der Waals surface area contributed by atoms with Gasteiger partial charge in [-0.1, -0.05) is 11.6 Å². The van der Waals surface area contributed by atoms with E-state index in [9.17, 15) is 0 Å². The second-order valence-corrected chi connectivity index (χ2v) is 2.71. The van der Waals surface area contributed by atoms with E-state index in [1.165, 1.54) is 12.3 Å². The van der Waals surface area contributed by atoms with Crippen LogP contribution in [0.5, 0.6) is 0 Å². The SMILES string of the molecule is [2H]C([2H])([2H])c1ccnc(-c2[c-]cccc2)c1.[Ir]. The minimum Gasteiger partial charge on any atom is -0.305 e. The van der Waals surface area contributed by atoms with Crippen LogP contribution in [0, 0.1) is 12.9 Å². The average molecular weight is 363 g/mol. The minimum atomic E-state index is -2.09. The normalized spacial score (nSPS) is 13.3. The van der Waals surface area contributed by atoms with E-state index in [4.69, 9.17) is 4.11 Å². The maximum absolute atomic E-state index is 7.33. The van der Waals surface area contributed by atoms with Gasteiger partial charge in [0.1, 0.15) is 0 Å². The maximum Gasteiger partial charge on any atom is 0.0279 e. The molecular formula is C12H10IrN-. The van der Waals surface area contributed by atoms with Gasteiger partial charge in [-0.15, -0.1) is 35.9 Å². The van der Waals surface area contributed by atoms with Crippen molar-refractivity contribution in [3.8, 4) is 11.3 Å². The van der Waals surface area contributed by atoms with Gasteiger partial charge in [-0.2, -0.15) is 0 Å². The molecule has 2 rings (SSSR count). The topological polar surface area (TPSA) is 12.9 Å². The molecule has 1 heterocycles. The van der Waals surface area contributed by atoms with Crippen molar-refractivity contribution < 1.29 is 24.2 Å². The van der Waals surface area contributed by atoms with E-state index in [1.807, 2.05) is 18.2 Å². The number of hydrogen-bond donors (Lipinski definition) is 0. The van der Waals surface area contributed by atoms with Crippen molar-refractivity contribution in [2.24, 2.45) is 0 Å². The molecule has 0 aliphatic heterocycles. The molecule has 0 spiro atoms. The van der Waals surface area contributed by atoms with E-state index >= 15 is 0 Å². The molecule has 14 heavy (non-hydrogen) atoms. The van der Waals surface area contributed by atoms with E-state index in [1.54, 1.807) is 12.1 Å². The fourth-order valence-electron chi connectivity index (χ4n) is 1.13. The predicted molar refractivity (Wildman–Crippen MR) is 53.2 cm³/mol. The minimum absolute atomic E-state index is 0. The van der Waals surface area contributed by atoms with Gasteiger partial charge in [0, 0.05) is 30.4 Å². The van der Waals surface area contributed by atoms with Gasteiger partial charge in [0.25, 0.3) is 0 Å². The van der Waals surface area contributed by atoms with Gasteiger partial charge in [0.05, 0.1) is 0 Å². The number of aromatic nitrogens is 1. The number of benzene rings is 1. The molecule has 0 fully saturated rings. The molecular weight excluding hydrogens is 350 g/mol. The molecule has 1 aromatic carbocycles. The van der Waals surface area contributed by atoms with Crippen LogP contribution in [0.1, 0.15) is 9.68 Å². The van der Waals surface area contributed by atoms with Crippen molar-refractivity contribution in [3.63, 3.8) is 0 Å². The van der Waals surface area contributed by atoms with Crippen LogP contribution in [0.15, 0.2) is 42.6 Å². The van der Waals surface area contributed by atoms with Gasteiger partial charge in [-0.05, 0) is 18.6 Å². The second kappa shape index (κ2) is 5.04. The smallest absolute Gasteiger partial charge is 0.0279 e. The summed E-state index contributed by atoms with van der Waals surface area (Å²) in [4.78, 5) is 4.14. The summed E-state index contributed by atoms with van der Waals surface area (Å²) in [5, 5.41) is 0. The molecule has 0 atom stereocenters. The monoisotopic (exact) mass is 364 g/mol. The molecule has 0 N–H and O–H groups in total. The molecule has 2 aromatic rings. The standard InChI is InChI=1S/C12H10N.Ir/c1-10-7-8-13-12(9-10)11-5-3-2-4-6-11;/h2-5,7-9H,1H3;/q-1;/i1D3;. The molecule has 1 nitrogen and oxygen atoms in total. The van der Waals surface area contributed by atoms with Crippen molar-refractivity contribution in [2.75, 3.05) is 0 Å². The quantitative estimate of drug-likeness (QED) is 0.710. The van der Waals surface area contributed by atoms with Gasteiger partial charge in [-0.25, -0.2) is 0 Å². The summed E-state index contributed by atoms with van der Waals surface area (Å²) in [6.07, 6.45) is 1.51. The van der Waals surface area contributed by atoms with E-state index < -0.39 is 6.85 Å². The third kappa shape index (κ3) is 2.50. The molecule has 0 bridgehead atoms. The van der Waals surface area contributed by atoms with Crippen LogP contribution in [0.4, 0.5) is 0 Å². The van der Waals surface area contributed by atoms with Crippen LogP contribution in [-0.4, -0.2) is 4.98 Å². The van der Waals surface area contributed by atoms with Crippen LogP contribution in [0.3, 0.4) is 0 Å². The van der Waals surface area contributed by atoms with Crippen molar-refractivity contribution >= 4 is 0 Å². The molecule has 0 saturated carbocycles. The average Bonchev–Trinajstić information content (AvgIpc) is 2.29. The number of nitrogens with zero attached hydrogens (tertiary/aromatic N) is 1. The van der Waals surface area contributed by atoms with Crippen LogP contribution in [0.25, 0.3) is 11.3 Å². The Bertz CT molecular complexity index is 483. The summed E-state index contributed by atoms with van der Waals surface area (Å²) in [5.41, 5.74) is 1.73. The number of rotatable bonds is 1. The summed E-state index contributed by atoms with van der Waals surface area (Å²) in [7, 11) is 0. The fraction of sp³-hybridized carbons (Fsp3) is 0.0833. The van der Waals surface area contributed by atoms with Crippen LogP contribution in [-0.2, 0) is 20.1 Å². The molecule has 2 heteroatoms. The summed E-state index contributed by atoms with van der Waals surface area (Å²) in [5.74, 6) is 0. The van der Waals surface area contributed by atoms with E-state index in [-0.39, 0.29) is 20.1 Å². The van der Waals surface area contributed by atoms with Crippen molar-refractivity contribution in [1.82, 2.24) is 4.98 Å². The molecule has 1 radical (unpaired) electrons. The zero-order valence-corrected chi connectivity index (χ0v) is 9.72. The molecule has 0 amide bonds. The Morgan fingerprint density at radius 2 is 2.29 bits per heavy atom. The molecule has 0 aliphatic carbocycles. The van der Waals surface area contributed by atoms with Crippen molar-refractivity contribution in [1.29, 1.82) is 0 Å². The van der Waals surface area contributed by atoms with Gasteiger partial charge in [0.15, 0.2) is 0 Å². The van der Waals surface area contributed by atoms with E-state index in [0.717, 1.165) is 5.56 Å². The summed E-state index contributed by atoms with van der Waals surface area (Å²) in [6.45, 7) is -2.09. The number of aryl methyl sites for hydroxylation is 1. The third-order valence-electron chi connectivity index (χ3n) is 1.74. The summed E-state index contributed by atoms with van der Waals surface area (Å²) >= 11 is 0. The zero-order chi connectivity index (χ0) is 11.6. The molecule has 73 valence electrons. The Labute approximate surface area is 102 Å². The van der Waals surface area contributed by atoms with Gasteiger partial charge < -0.3 is 4.98 Å². The van der Waals surface area contributed by atoms with Gasteiger partial charge >= 0.3 is 0 Å². The van der Waals surface area contributed by atoms with E-state index in [2.05, 4.69) is 11.1 Å². The Hall–Kier alpha value is -0.981. The molecule has 0 unspecified atom stereocenters. The first-order chi connectivity index (χ1) is 7.57. The van der Waals surface area contributed by atoms with Crippen LogP contribution >= 0.6 is 0 Å². The summed E-state index contributed by atoms with van der Waals surface area (Å²) < 4.78 is 22.0. The predicted octanol–water partition coefficient (Wildman–Crippen LogP) is 2.85. The van der Waals surface area contributed by atoms with Crippen molar-refractivity contribution in [2.45, 2.75) is 6.85 Å².